The van der Waals surface area contributed by atoms with Gasteiger partial charge in [-0.25, -0.2) is 9.67 Å². The van der Waals surface area contributed by atoms with Crippen LogP contribution in [0.3, 0.4) is 0 Å². The molecule has 0 aliphatic carbocycles. The van der Waals surface area contributed by atoms with Crippen LogP contribution >= 0.6 is 0 Å². The molecule has 0 spiro atoms. The van der Waals surface area contributed by atoms with E-state index in [1.807, 2.05) is 68.4 Å². The lowest BCUT2D eigenvalue weighted by Crippen LogP contribution is -2.36. The first-order valence-corrected chi connectivity index (χ1v) is 8.37. The van der Waals surface area contributed by atoms with E-state index in [0.717, 1.165) is 16.9 Å². The summed E-state index contributed by atoms with van der Waals surface area (Å²) in [6.45, 7) is 3.70. The first-order chi connectivity index (χ1) is 12.5. The summed E-state index contributed by atoms with van der Waals surface area (Å²) in [4.78, 5) is 16.4. The van der Waals surface area contributed by atoms with Crippen LogP contribution in [0.1, 0.15) is 25.5 Å². The van der Waals surface area contributed by atoms with Crippen LogP contribution in [0.15, 0.2) is 67.3 Å². The molecular weight excluding hydrogens is 328 g/mol. The molecule has 6 nitrogen and oxygen atoms in total. The molecule has 134 valence electrons. The van der Waals surface area contributed by atoms with Gasteiger partial charge in [0.1, 0.15) is 12.7 Å². The van der Waals surface area contributed by atoms with Gasteiger partial charge in [-0.15, -0.1) is 0 Å². The Hall–Kier alpha value is -3.15. The quantitative estimate of drug-likeness (QED) is 0.685. The maximum absolute atomic E-state index is 12.4. The monoisotopic (exact) mass is 350 g/mol. The number of carbonyl (C=O) groups excluding carboxylic acids is 1. The third-order valence-corrected chi connectivity index (χ3v) is 4.39. The third kappa shape index (κ3) is 3.59. The number of para-hydroxylation sites is 1. The van der Waals surface area contributed by atoms with Crippen LogP contribution in [-0.2, 0) is 9.53 Å². The second-order valence-electron chi connectivity index (χ2n) is 6.60. The summed E-state index contributed by atoms with van der Waals surface area (Å²) in [7, 11) is 1.40. The zero-order valence-electron chi connectivity index (χ0n) is 15.1. The molecule has 0 fully saturated rings. The summed E-state index contributed by atoms with van der Waals surface area (Å²) in [6, 6.07) is 17.6. The second kappa shape index (κ2) is 7.39. The molecule has 0 amide bonds. The van der Waals surface area contributed by atoms with Crippen LogP contribution in [0.5, 0.6) is 0 Å². The zero-order valence-corrected chi connectivity index (χ0v) is 15.1. The van der Waals surface area contributed by atoms with Crippen LogP contribution < -0.4 is 5.32 Å². The van der Waals surface area contributed by atoms with Crippen LogP contribution in [0, 0.1) is 5.41 Å². The van der Waals surface area contributed by atoms with Gasteiger partial charge in [-0.3, -0.25) is 4.79 Å². The Bertz CT molecular complexity index is 843. The molecule has 1 N–H and O–H groups in total. The lowest BCUT2D eigenvalue weighted by molar-refractivity contribution is -0.152. The predicted octanol–water partition coefficient (Wildman–Crippen LogP) is 3.81. The average molecular weight is 350 g/mol. The van der Waals surface area contributed by atoms with Crippen LogP contribution in [-0.4, -0.2) is 27.8 Å². The minimum atomic E-state index is -0.809. The van der Waals surface area contributed by atoms with E-state index in [9.17, 15) is 4.79 Å². The number of rotatable bonds is 6. The van der Waals surface area contributed by atoms with E-state index in [4.69, 9.17) is 4.74 Å². The molecule has 0 aliphatic rings. The van der Waals surface area contributed by atoms with Crippen LogP contribution in [0.4, 0.5) is 11.4 Å². The third-order valence-electron chi connectivity index (χ3n) is 4.39. The van der Waals surface area contributed by atoms with Gasteiger partial charge < -0.3 is 10.1 Å². The number of anilines is 2. The molecule has 2 aromatic carbocycles. The number of esters is 1. The topological polar surface area (TPSA) is 69.0 Å². The van der Waals surface area contributed by atoms with Gasteiger partial charge in [0, 0.05) is 11.4 Å². The molecule has 6 heteroatoms. The van der Waals surface area contributed by atoms with Gasteiger partial charge in [-0.2, -0.15) is 5.10 Å². The number of benzene rings is 2. The number of hydrogen-bond acceptors (Lipinski definition) is 5. The van der Waals surface area contributed by atoms with E-state index < -0.39 is 5.41 Å². The standard InChI is InChI=1S/C20H22N4O2/c1-20(2,19(25)26-3)18(24-14-21-13-22-24)15-9-11-17(12-10-15)23-16-7-5-4-6-8-16/h4-14,18,23H,1-3H3. The van der Waals surface area contributed by atoms with Crippen LogP contribution in [0.2, 0.25) is 0 Å². The Kier molecular flexibility index (Phi) is 5.02. The number of ether oxygens (including phenoxy) is 1. The average Bonchev–Trinajstić information content (AvgIpc) is 3.17. The molecule has 26 heavy (non-hydrogen) atoms. The minimum absolute atomic E-state index is 0.301. The van der Waals surface area contributed by atoms with Crippen LogP contribution in [0.25, 0.3) is 0 Å². The molecule has 0 bridgehead atoms. The number of hydrogen-bond donors (Lipinski definition) is 1. The highest BCUT2D eigenvalue weighted by Gasteiger charge is 2.40. The van der Waals surface area contributed by atoms with Gasteiger partial charge in [0.2, 0.25) is 0 Å². The first-order valence-electron chi connectivity index (χ1n) is 8.37. The minimum Gasteiger partial charge on any atom is -0.469 e. The Balaban J connectivity index is 1.91. The smallest absolute Gasteiger partial charge is 0.313 e. The highest BCUT2D eigenvalue weighted by atomic mass is 16.5. The summed E-state index contributed by atoms with van der Waals surface area (Å²) in [6.07, 6.45) is 3.08. The number of nitrogens with one attached hydrogen (secondary N) is 1. The largest absolute Gasteiger partial charge is 0.469 e. The fourth-order valence-corrected chi connectivity index (χ4v) is 3.06. The van der Waals surface area contributed by atoms with Gasteiger partial charge in [-0.1, -0.05) is 30.3 Å². The van der Waals surface area contributed by atoms with Crippen molar-refractivity contribution in [2.75, 3.05) is 12.4 Å². The number of nitrogens with zero attached hydrogens (tertiary/aromatic N) is 3. The maximum Gasteiger partial charge on any atom is 0.313 e. The van der Waals surface area contributed by atoms with Gasteiger partial charge in [0.15, 0.2) is 0 Å². The molecular formula is C20H22N4O2. The van der Waals surface area contributed by atoms with Crippen molar-refractivity contribution < 1.29 is 9.53 Å². The predicted molar refractivity (Wildman–Crippen MR) is 100 cm³/mol. The van der Waals surface area contributed by atoms with Crippen molar-refractivity contribution in [1.82, 2.24) is 14.8 Å². The van der Waals surface area contributed by atoms with Crippen molar-refractivity contribution in [3.63, 3.8) is 0 Å². The van der Waals surface area contributed by atoms with Crippen molar-refractivity contribution in [3.8, 4) is 0 Å². The fourth-order valence-electron chi connectivity index (χ4n) is 3.06. The van der Waals surface area contributed by atoms with E-state index in [0.29, 0.717) is 0 Å². The van der Waals surface area contributed by atoms with Gasteiger partial charge in [0.05, 0.1) is 18.6 Å². The highest BCUT2D eigenvalue weighted by Crippen LogP contribution is 2.37. The van der Waals surface area contributed by atoms with E-state index in [-0.39, 0.29) is 12.0 Å². The molecule has 0 saturated heterocycles. The summed E-state index contributed by atoms with van der Waals surface area (Å²) < 4.78 is 6.70. The Morgan fingerprint density at radius 2 is 1.73 bits per heavy atom. The number of carbonyl (C=O) groups is 1. The zero-order chi connectivity index (χ0) is 18.6. The SMILES string of the molecule is COC(=O)C(C)(C)C(c1ccc(Nc2ccccc2)cc1)n1cncn1. The molecule has 1 heterocycles. The van der Waals surface area contributed by atoms with Gasteiger partial charge in [0.25, 0.3) is 0 Å². The van der Waals surface area contributed by atoms with E-state index >= 15 is 0 Å². The molecule has 0 aliphatic heterocycles. The molecule has 1 unspecified atom stereocenters. The Labute approximate surface area is 152 Å². The Morgan fingerprint density at radius 3 is 2.31 bits per heavy atom. The highest BCUT2D eigenvalue weighted by molar-refractivity contribution is 5.77. The van der Waals surface area contributed by atoms with Crippen molar-refractivity contribution in [2.24, 2.45) is 5.41 Å². The maximum atomic E-state index is 12.4. The van der Waals surface area contributed by atoms with Crippen molar-refractivity contribution in [2.45, 2.75) is 19.9 Å². The lowest BCUT2D eigenvalue weighted by atomic mass is 9.80. The summed E-state index contributed by atoms with van der Waals surface area (Å²) in [5, 5.41) is 7.60. The van der Waals surface area contributed by atoms with Gasteiger partial charge in [-0.05, 0) is 43.7 Å². The van der Waals surface area contributed by atoms with E-state index in [1.54, 1.807) is 11.0 Å². The second-order valence-corrected chi connectivity index (χ2v) is 6.60. The number of methoxy groups -OCH3 is 1. The summed E-state index contributed by atoms with van der Waals surface area (Å²) >= 11 is 0. The Morgan fingerprint density at radius 1 is 1.08 bits per heavy atom. The molecule has 0 radical (unpaired) electrons. The molecule has 3 rings (SSSR count). The molecule has 0 saturated carbocycles. The van der Waals surface area contributed by atoms with Crippen molar-refractivity contribution in [3.05, 3.63) is 72.8 Å². The van der Waals surface area contributed by atoms with Crippen molar-refractivity contribution >= 4 is 17.3 Å². The molecule has 3 aromatic rings. The van der Waals surface area contributed by atoms with E-state index in [2.05, 4.69) is 15.4 Å². The summed E-state index contributed by atoms with van der Waals surface area (Å²) in [5.74, 6) is -0.301. The molecule has 1 atom stereocenters. The fraction of sp³-hybridized carbons (Fsp3) is 0.250. The lowest BCUT2D eigenvalue weighted by Gasteiger charge is -2.32. The normalized spacial score (nSPS) is 12.4. The number of aromatic nitrogens is 3. The van der Waals surface area contributed by atoms with Gasteiger partial charge >= 0.3 is 5.97 Å². The summed E-state index contributed by atoms with van der Waals surface area (Å²) in [5.41, 5.74) is 2.12. The first kappa shape index (κ1) is 17.7. The van der Waals surface area contributed by atoms with E-state index in [1.165, 1.54) is 13.4 Å². The molecule has 1 aromatic heterocycles. The van der Waals surface area contributed by atoms with Crippen molar-refractivity contribution in [1.29, 1.82) is 0 Å².